The van der Waals surface area contributed by atoms with Crippen LogP contribution < -0.4 is 14.4 Å². The molecule has 0 unspecified atom stereocenters. The summed E-state index contributed by atoms with van der Waals surface area (Å²) in [4.78, 5) is 4.68. The van der Waals surface area contributed by atoms with Gasteiger partial charge in [-0.2, -0.15) is 0 Å². The number of nitrogens with zero attached hydrogens (tertiary/aromatic N) is 2. The number of benzene rings is 3. The van der Waals surface area contributed by atoms with Gasteiger partial charge in [0.2, 0.25) is 10.0 Å². The van der Waals surface area contributed by atoms with Crippen LogP contribution in [-0.4, -0.2) is 47.6 Å². The van der Waals surface area contributed by atoms with E-state index < -0.39 is 10.0 Å². The van der Waals surface area contributed by atoms with E-state index in [0.29, 0.717) is 5.75 Å². The molecule has 0 saturated heterocycles. The molecule has 0 fully saturated rings. The van der Waals surface area contributed by atoms with Crippen LogP contribution in [0.25, 0.3) is 0 Å². The summed E-state index contributed by atoms with van der Waals surface area (Å²) < 4.78 is 34.5. The Labute approximate surface area is 203 Å². The predicted octanol–water partition coefficient (Wildman–Crippen LogP) is 4.15. The van der Waals surface area contributed by atoms with Crippen molar-refractivity contribution in [3.8, 4) is 5.75 Å². The van der Waals surface area contributed by atoms with E-state index in [0.717, 1.165) is 36.3 Å². The number of aryl methyl sites for hydroxylation is 1. The third kappa shape index (κ3) is 5.27. The highest BCUT2D eigenvalue weighted by Gasteiger charge is 2.27. The predicted molar refractivity (Wildman–Crippen MR) is 137 cm³/mol. The van der Waals surface area contributed by atoms with Gasteiger partial charge < -0.3 is 9.64 Å². The molecule has 0 amide bonds. The number of ether oxygens (including phenoxy) is 1. The average Bonchev–Trinajstić information content (AvgIpc) is 2.84. The molecule has 1 N–H and O–H groups in total. The van der Waals surface area contributed by atoms with Crippen LogP contribution in [0.4, 0.5) is 5.69 Å². The fourth-order valence-corrected chi connectivity index (χ4v) is 5.65. The molecule has 0 radical (unpaired) electrons. The first-order valence-electron chi connectivity index (χ1n) is 11.5. The van der Waals surface area contributed by atoms with E-state index in [1.807, 2.05) is 21.0 Å². The van der Waals surface area contributed by atoms with Gasteiger partial charge in [0.25, 0.3) is 0 Å². The maximum absolute atomic E-state index is 13.2. The first-order chi connectivity index (χ1) is 16.3. The van der Waals surface area contributed by atoms with E-state index in [4.69, 9.17) is 4.74 Å². The molecular weight excluding hydrogens is 446 g/mol. The lowest BCUT2D eigenvalue weighted by atomic mass is 9.96. The molecule has 34 heavy (non-hydrogen) atoms. The molecule has 7 heteroatoms. The van der Waals surface area contributed by atoms with Crippen LogP contribution in [0.2, 0.25) is 0 Å². The third-order valence-electron chi connectivity index (χ3n) is 6.54. The van der Waals surface area contributed by atoms with Crippen molar-refractivity contribution < 1.29 is 13.2 Å². The number of hydrogen-bond acceptors (Lipinski definition) is 5. The smallest absolute Gasteiger partial charge is 0.240 e. The van der Waals surface area contributed by atoms with Crippen molar-refractivity contribution in [1.82, 2.24) is 9.62 Å². The number of hydrogen-bond donors (Lipinski definition) is 1. The van der Waals surface area contributed by atoms with E-state index in [1.54, 1.807) is 25.3 Å². The third-order valence-corrected chi connectivity index (χ3v) is 7.96. The molecule has 6 nitrogen and oxygen atoms in total. The average molecular weight is 480 g/mol. The molecule has 0 bridgehead atoms. The fourth-order valence-electron chi connectivity index (χ4n) is 4.53. The summed E-state index contributed by atoms with van der Waals surface area (Å²) in [6, 6.07) is 21.7. The van der Waals surface area contributed by atoms with Crippen LogP contribution in [0.15, 0.2) is 71.6 Å². The summed E-state index contributed by atoms with van der Waals surface area (Å²) in [6.07, 6.45) is 0.951. The number of anilines is 1. The summed E-state index contributed by atoms with van der Waals surface area (Å²) in [5.74, 6) is 0.671. The minimum absolute atomic E-state index is 0.0845. The second kappa shape index (κ2) is 10.2. The Hall–Kier alpha value is -2.87. The monoisotopic (exact) mass is 479 g/mol. The molecule has 3 aromatic rings. The molecule has 1 aliphatic rings. The summed E-state index contributed by atoms with van der Waals surface area (Å²) in [5, 5.41) is 0. The molecule has 0 aromatic heterocycles. The van der Waals surface area contributed by atoms with Gasteiger partial charge >= 0.3 is 0 Å². The Balaban J connectivity index is 1.60. The molecule has 0 saturated carbocycles. The van der Waals surface area contributed by atoms with Crippen molar-refractivity contribution in [2.24, 2.45) is 0 Å². The Morgan fingerprint density at radius 2 is 1.74 bits per heavy atom. The molecule has 1 heterocycles. The van der Waals surface area contributed by atoms with Gasteiger partial charge in [0.1, 0.15) is 5.75 Å². The van der Waals surface area contributed by atoms with Crippen molar-refractivity contribution in [2.45, 2.75) is 30.8 Å². The zero-order valence-electron chi connectivity index (χ0n) is 20.3. The van der Waals surface area contributed by atoms with Crippen LogP contribution in [0.5, 0.6) is 5.75 Å². The number of rotatable bonds is 8. The largest absolute Gasteiger partial charge is 0.496 e. The lowest BCUT2D eigenvalue weighted by Crippen LogP contribution is -2.40. The van der Waals surface area contributed by atoms with Gasteiger partial charge in [-0.05, 0) is 65.9 Å². The molecule has 3 aromatic carbocycles. The van der Waals surface area contributed by atoms with Crippen molar-refractivity contribution in [2.75, 3.05) is 39.2 Å². The Morgan fingerprint density at radius 3 is 2.38 bits per heavy atom. The second-order valence-electron chi connectivity index (χ2n) is 8.97. The van der Waals surface area contributed by atoms with Crippen molar-refractivity contribution in [3.63, 3.8) is 0 Å². The molecule has 180 valence electrons. The van der Waals surface area contributed by atoms with Gasteiger partial charge in [0, 0.05) is 45.5 Å². The molecule has 1 atom stereocenters. The SMILES string of the molecule is COc1ccc(S(=O)(=O)NC[C@H](c2ccc(N(C)C)cc2)N2CCc3ccccc3C2)cc1C. The van der Waals surface area contributed by atoms with Gasteiger partial charge in [-0.15, -0.1) is 0 Å². The number of fused-ring (bicyclic) bond motifs is 1. The molecule has 4 rings (SSSR count). The van der Waals surface area contributed by atoms with Crippen LogP contribution in [0.1, 0.15) is 28.3 Å². The summed E-state index contributed by atoms with van der Waals surface area (Å²) in [7, 11) is 1.93. The summed E-state index contributed by atoms with van der Waals surface area (Å²) >= 11 is 0. The first kappa shape index (κ1) is 24.3. The summed E-state index contributed by atoms with van der Waals surface area (Å²) in [5.41, 5.74) is 5.67. The molecule has 0 aliphatic carbocycles. The quantitative estimate of drug-likeness (QED) is 0.526. The minimum Gasteiger partial charge on any atom is -0.496 e. The van der Waals surface area contributed by atoms with Gasteiger partial charge in [0.15, 0.2) is 0 Å². The highest BCUT2D eigenvalue weighted by molar-refractivity contribution is 7.89. The molecule has 0 spiro atoms. The first-order valence-corrected chi connectivity index (χ1v) is 13.0. The topological polar surface area (TPSA) is 61.9 Å². The fraction of sp³-hybridized carbons (Fsp3) is 0.333. The minimum atomic E-state index is -3.67. The normalized spacial score (nSPS) is 14.9. The highest BCUT2D eigenvalue weighted by Crippen LogP contribution is 2.29. The van der Waals surface area contributed by atoms with Crippen LogP contribution in [0, 0.1) is 6.92 Å². The van der Waals surface area contributed by atoms with Crippen molar-refractivity contribution in [1.29, 1.82) is 0 Å². The maximum Gasteiger partial charge on any atom is 0.240 e. The van der Waals surface area contributed by atoms with Gasteiger partial charge in [-0.25, -0.2) is 13.1 Å². The maximum atomic E-state index is 13.2. The zero-order valence-corrected chi connectivity index (χ0v) is 21.1. The standard InChI is InChI=1S/C27H33N3O3S/c1-20-17-25(13-14-27(20)33-4)34(31,32)28-18-26(22-9-11-24(12-10-22)29(2)3)30-16-15-21-7-5-6-8-23(21)19-30/h5-14,17,26,28H,15-16,18-19H2,1-4H3/t26-/m1/s1. The Morgan fingerprint density at radius 1 is 1.03 bits per heavy atom. The van der Waals surface area contributed by atoms with E-state index in [2.05, 4.69) is 63.1 Å². The Kier molecular flexibility index (Phi) is 7.26. The second-order valence-corrected chi connectivity index (χ2v) is 10.7. The Bertz CT molecular complexity index is 1240. The molecular formula is C27H33N3O3S. The van der Waals surface area contributed by atoms with Gasteiger partial charge in [-0.3, -0.25) is 4.90 Å². The van der Waals surface area contributed by atoms with Crippen molar-refractivity contribution >= 4 is 15.7 Å². The van der Waals surface area contributed by atoms with Crippen LogP contribution in [0.3, 0.4) is 0 Å². The van der Waals surface area contributed by atoms with E-state index >= 15 is 0 Å². The van der Waals surface area contributed by atoms with Gasteiger partial charge in [0.05, 0.1) is 12.0 Å². The highest BCUT2D eigenvalue weighted by atomic mass is 32.2. The van der Waals surface area contributed by atoms with Crippen LogP contribution >= 0.6 is 0 Å². The molecule has 1 aliphatic heterocycles. The lowest BCUT2D eigenvalue weighted by Gasteiger charge is -2.36. The van der Waals surface area contributed by atoms with E-state index in [1.165, 1.54) is 11.1 Å². The summed E-state index contributed by atoms with van der Waals surface area (Å²) in [6.45, 7) is 3.80. The van der Waals surface area contributed by atoms with Crippen molar-refractivity contribution in [3.05, 3.63) is 89.0 Å². The van der Waals surface area contributed by atoms with Crippen LogP contribution in [-0.2, 0) is 23.0 Å². The zero-order chi connectivity index (χ0) is 24.3. The lowest BCUT2D eigenvalue weighted by molar-refractivity contribution is 0.180. The number of methoxy groups -OCH3 is 1. The van der Waals surface area contributed by atoms with E-state index in [-0.39, 0.29) is 17.5 Å². The number of nitrogens with one attached hydrogen (secondary N) is 1. The van der Waals surface area contributed by atoms with Gasteiger partial charge in [-0.1, -0.05) is 36.4 Å². The van der Waals surface area contributed by atoms with E-state index in [9.17, 15) is 8.42 Å². The number of sulfonamides is 1.